The molecule has 4 nitrogen and oxygen atoms in total. The Bertz CT molecular complexity index is 395. The van der Waals surface area contributed by atoms with Crippen LogP contribution in [-0.4, -0.2) is 20.3 Å². The zero-order valence-corrected chi connectivity index (χ0v) is 10.5. The lowest BCUT2D eigenvalue weighted by Crippen LogP contribution is -2.30. The van der Waals surface area contributed by atoms with Gasteiger partial charge in [0.2, 0.25) is 0 Å². The summed E-state index contributed by atoms with van der Waals surface area (Å²) in [7, 11) is 1.52. The summed E-state index contributed by atoms with van der Waals surface area (Å²) in [6.07, 6.45) is 1.79. The van der Waals surface area contributed by atoms with Crippen LogP contribution in [0.5, 0.6) is 5.75 Å². The first kappa shape index (κ1) is 13.3. The fourth-order valence-corrected chi connectivity index (χ4v) is 2.30. The maximum Gasteiger partial charge on any atom is 0.131 e. The number of hydrazine groups is 1. The molecule has 0 bridgehead atoms. The van der Waals surface area contributed by atoms with Gasteiger partial charge in [-0.3, -0.25) is 11.3 Å². The fraction of sp³-hybridized carbons (Fsp3) is 0.538. The highest BCUT2D eigenvalue weighted by molar-refractivity contribution is 5.30. The molecule has 0 aliphatic carbocycles. The van der Waals surface area contributed by atoms with E-state index in [-0.39, 0.29) is 11.9 Å². The van der Waals surface area contributed by atoms with E-state index in [0.717, 1.165) is 26.1 Å². The SMILES string of the molecule is COc1ccc(C(CC2CCOC2)NN)c(F)c1. The largest absolute Gasteiger partial charge is 0.497 e. The first-order valence-electron chi connectivity index (χ1n) is 6.12. The standard InChI is InChI=1S/C13H19FN2O2/c1-17-10-2-3-11(12(14)7-10)13(16-15)6-9-4-5-18-8-9/h2-3,7,9,13,16H,4-6,8,15H2,1H3. The van der Waals surface area contributed by atoms with Crippen molar-refractivity contribution >= 4 is 0 Å². The van der Waals surface area contributed by atoms with E-state index in [2.05, 4.69) is 5.43 Å². The number of halogens is 1. The zero-order valence-electron chi connectivity index (χ0n) is 10.5. The van der Waals surface area contributed by atoms with Gasteiger partial charge in [0.1, 0.15) is 11.6 Å². The van der Waals surface area contributed by atoms with Crippen molar-refractivity contribution < 1.29 is 13.9 Å². The summed E-state index contributed by atoms with van der Waals surface area (Å²) < 4.78 is 24.2. The summed E-state index contributed by atoms with van der Waals surface area (Å²) >= 11 is 0. The molecule has 1 aliphatic rings. The number of nitrogens with one attached hydrogen (secondary N) is 1. The van der Waals surface area contributed by atoms with Crippen molar-refractivity contribution in [3.63, 3.8) is 0 Å². The molecule has 2 unspecified atom stereocenters. The number of nitrogens with two attached hydrogens (primary N) is 1. The topological polar surface area (TPSA) is 56.5 Å². The smallest absolute Gasteiger partial charge is 0.131 e. The highest BCUT2D eigenvalue weighted by atomic mass is 19.1. The molecule has 0 spiro atoms. The van der Waals surface area contributed by atoms with Gasteiger partial charge in [-0.1, -0.05) is 6.07 Å². The van der Waals surface area contributed by atoms with Crippen LogP contribution in [0, 0.1) is 11.7 Å². The van der Waals surface area contributed by atoms with Crippen LogP contribution in [0.25, 0.3) is 0 Å². The maximum absolute atomic E-state index is 13.9. The van der Waals surface area contributed by atoms with Gasteiger partial charge in [-0.2, -0.15) is 0 Å². The molecule has 1 aromatic rings. The second kappa shape index (κ2) is 6.13. The lowest BCUT2D eigenvalue weighted by Gasteiger charge is -2.20. The van der Waals surface area contributed by atoms with Gasteiger partial charge in [0.25, 0.3) is 0 Å². The number of hydrogen-bond donors (Lipinski definition) is 2. The molecule has 18 heavy (non-hydrogen) atoms. The first-order chi connectivity index (χ1) is 8.74. The lowest BCUT2D eigenvalue weighted by molar-refractivity contribution is 0.181. The molecule has 1 aliphatic heterocycles. The van der Waals surface area contributed by atoms with Crippen LogP contribution in [0.2, 0.25) is 0 Å². The molecular weight excluding hydrogens is 235 g/mol. The van der Waals surface area contributed by atoms with Gasteiger partial charge in [-0.05, 0) is 24.8 Å². The van der Waals surface area contributed by atoms with Crippen LogP contribution >= 0.6 is 0 Å². The Morgan fingerprint density at radius 1 is 1.61 bits per heavy atom. The van der Waals surface area contributed by atoms with E-state index in [1.54, 1.807) is 12.1 Å². The van der Waals surface area contributed by atoms with E-state index in [4.69, 9.17) is 15.3 Å². The Morgan fingerprint density at radius 2 is 2.44 bits per heavy atom. The van der Waals surface area contributed by atoms with Crippen molar-refractivity contribution in [3.8, 4) is 5.75 Å². The van der Waals surface area contributed by atoms with Crippen LogP contribution in [0.3, 0.4) is 0 Å². The normalized spacial score (nSPS) is 20.9. The van der Waals surface area contributed by atoms with E-state index in [1.807, 2.05) is 0 Å². The summed E-state index contributed by atoms with van der Waals surface area (Å²) in [5.41, 5.74) is 3.26. The average molecular weight is 254 g/mol. The Balaban J connectivity index is 2.10. The molecule has 1 aromatic carbocycles. The van der Waals surface area contributed by atoms with Crippen molar-refractivity contribution in [2.45, 2.75) is 18.9 Å². The number of ether oxygens (including phenoxy) is 2. The summed E-state index contributed by atoms with van der Waals surface area (Å²) in [6, 6.07) is 4.65. The second-order valence-electron chi connectivity index (χ2n) is 4.57. The summed E-state index contributed by atoms with van der Waals surface area (Å²) in [5.74, 6) is 6.19. The molecule has 5 heteroatoms. The Kier molecular flexibility index (Phi) is 4.52. The van der Waals surface area contributed by atoms with Gasteiger partial charge in [-0.15, -0.1) is 0 Å². The van der Waals surface area contributed by atoms with Crippen molar-refractivity contribution in [2.24, 2.45) is 11.8 Å². The molecule has 1 saturated heterocycles. The van der Waals surface area contributed by atoms with E-state index in [1.165, 1.54) is 13.2 Å². The molecule has 0 saturated carbocycles. The number of rotatable bonds is 5. The molecule has 2 atom stereocenters. The third-order valence-electron chi connectivity index (χ3n) is 3.38. The molecule has 0 radical (unpaired) electrons. The molecule has 2 rings (SSSR count). The Hall–Kier alpha value is -1.17. The summed E-state index contributed by atoms with van der Waals surface area (Å²) in [5, 5.41) is 0. The molecule has 0 aromatic heterocycles. The third kappa shape index (κ3) is 2.98. The Morgan fingerprint density at radius 3 is 3.00 bits per heavy atom. The number of hydrogen-bond acceptors (Lipinski definition) is 4. The fourth-order valence-electron chi connectivity index (χ4n) is 2.30. The monoisotopic (exact) mass is 254 g/mol. The van der Waals surface area contributed by atoms with Crippen LogP contribution < -0.4 is 16.0 Å². The summed E-state index contributed by atoms with van der Waals surface area (Å²) in [4.78, 5) is 0. The van der Waals surface area contributed by atoms with E-state index >= 15 is 0 Å². The molecule has 1 heterocycles. The summed E-state index contributed by atoms with van der Waals surface area (Å²) in [6.45, 7) is 1.52. The third-order valence-corrected chi connectivity index (χ3v) is 3.38. The van der Waals surface area contributed by atoms with Crippen molar-refractivity contribution in [2.75, 3.05) is 20.3 Å². The number of methoxy groups -OCH3 is 1. The minimum Gasteiger partial charge on any atom is -0.497 e. The molecule has 0 amide bonds. The predicted molar refractivity (Wildman–Crippen MR) is 66.6 cm³/mol. The molecular formula is C13H19FN2O2. The number of benzene rings is 1. The van der Waals surface area contributed by atoms with Crippen LogP contribution in [-0.2, 0) is 4.74 Å². The quantitative estimate of drug-likeness (QED) is 0.621. The minimum absolute atomic E-state index is 0.192. The molecule has 1 fully saturated rings. The van der Waals surface area contributed by atoms with Gasteiger partial charge in [-0.25, -0.2) is 4.39 Å². The van der Waals surface area contributed by atoms with Crippen molar-refractivity contribution in [1.29, 1.82) is 0 Å². The van der Waals surface area contributed by atoms with E-state index < -0.39 is 0 Å². The van der Waals surface area contributed by atoms with Crippen LogP contribution in [0.1, 0.15) is 24.4 Å². The van der Waals surface area contributed by atoms with Gasteiger partial charge in [0, 0.05) is 30.9 Å². The second-order valence-corrected chi connectivity index (χ2v) is 4.57. The van der Waals surface area contributed by atoms with Gasteiger partial charge in [0.15, 0.2) is 0 Å². The van der Waals surface area contributed by atoms with Crippen LogP contribution in [0.4, 0.5) is 4.39 Å². The van der Waals surface area contributed by atoms with Gasteiger partial charge < -0.3 is 9.47 Å². The first-order valence-corrected chi connectivity index (χ1v) is 6.12. The average Bonchev–Trinajstić information content (AvgIpc) is 2.89. The van der Waals surface area contributed by atoms with Gasteiger partial charge in [0.05, 0.1) is 7.11 Å². The zero-order chi connectivity index (χ0) is 13.0. The highest BCUT2D eigenvalue weighted by Gasteiger charge is 2.23. The Labute approximate surface area is 106 Å². The highest BCUT2D eigenvalue weighted by Crippen LogP contribution is 2.29. The van der Waals surface area contributed by atoms with E-state index in [9.17, 15) is 4.39 Å². The van der Waals surface area contributed by atoms with E-state index in [0.29, 0.717) is 17.2 Å². The van der Waals surface area contributed by atoms with Crippen molar-refractivity contribution in [1.82, 2.24) is 5.43 Å². The molecule has 3 N–H and O–H groups in total. The van der Waals surface area contributed by atoms with Crippen LogP contribution in [0.15, 0.2) is 18.2 Å². The van der Waals surface area contributed by atoms with Crippen molar-refractivity contribution in [3.05, 3.63) is 29.6 Å². The lowest BCUT2D eigenvalue weighted by atomic mass is 9.94. The maximum atomic E-state index is 13.9. The predicted octanol–water partition coefficient (Wildman–Crippen LogP) is 1.77. The minimum atomic E-state index is -0.295. The van der Waals surface area contributed by atoms with Gasteiger partial charge >= 0.3 is 0 Å². The molecule has 100 valence electrons.